The minimum absolute atomic E-state index is 0.180. The number of hydrogen-bond donors (Lipinski definition) is 0. The molecule has 0 radical (unpaired) electrons. The minimum atomic E-state index is -0.371. The first-order valence-electron chi connectivity index (χ1n) is 4.13. The van der Waals surface area contributed by atoms with Crippen molar-refractivity contribution in [1.82, 2.24) is 0 Å². The van der Waals surface area contributed by atoms with E-state index in [0.717, 1.165) is 12.0 Å². The van der Waals surface area contributed by atoms with E-state index in [-0.39, 0.29) is 10.8 Å². The van der Waals surface area contributed by atoms with E-state index in [4.69, 9.17) is 23.2 Å². The molecular weight excluding hydrogens is 210 g/mol. The van der Waals surface area contributed by atoms with Gasteiger partial charge in [0.1, 0.15) is 5.82 Å². The lowest BCUT2D eigenvalue weighted by atomic mass is 10.0. The summed E-state index contributed by atoms with van der Waals surface area (Å²) in [5.74, 6) is 0.627. The standard InChI is InChI=1S/C10H11Cl2F/c1-7(6-11)4-8-2-3-10(13)9(12)5-8/h2-3,5,7H,4,6H2,1H3. The van der Waals surface area contributed by atoms with Crippen molar-refractivity contribution in [3.8, 4) is 0 Å². The van der Waals surface area contributed by atoms with Crippen molar-refractivity contribution in [3.63, 3.8) is 0 Å². The molecule has 0 aliphatic heterocycles. The Bertz CT molecular complexity index is 286. The van der Waals surface area contributed by atoms with Gasteiger partial charge in [0, 0.05) is 5.88 Å². The van der Waals surface area contributed by atoms with E-state index < -0.39 is 0 Å². The van der Waals surface area contributed by atoms with Gasteiger partial charge in [-0.2, -0.15) is 0 Å². The van der Waals surface area contributed by atoms with Crippen LogP contribution in [-0.2, 0) is 6.42 Å². The van der Waals surface area contributed by atoms with Gasteiger partial charge in [-0.1, -0.05) is 24.6 Å². The molecule has 0 bridgehead atoms. The lowest BCUT2D eigenvalue weighted by molar-refractivity contribution is 0.622. The molecule has 0 fully saturated rings. The fourth-order valence-electron chi connectivity index (χ4n) is 1.12. The van der Waals surface area contributed by atoms with Crippen LogP contribution >= 0.6 is 23.2 Å². The SMILES string of the molecule is CC(CCl)Cc1ccc(F)c(Cl)c1. The molecule has 1 rings (SSSR count). The molecule has 3 heteroatoms. The normalized spacial score (nSPS) is 12.9. The molecule has 1 aromatic rings. The Morgan fingerprint density at radius 3 is 2.69 bits per heavy atom. The Hall–Kier alpha value is -0.270. The van der Waals surface area contributed by atoms with Crippen molar-refractivity contribution in [2.45, 2.75) is 13.3 Å². The molecule has 1 unspecified atom stereocenters. The van der Waals surface area contributed by atoms with Gasteiger partial charge in [0.25, 0.3) is 0 Å². The predicted octanol–water partition coefficient (Wildman–Crippen LogP) is 3.90. The Balaban J connectivity index is 2.73. The first-order chi connectivity index (χ1) is 6.13. The molecule has 0 heterocycles. The van der Waals surface area contributed by atoms with Crippen LogP contribution in [-0.4, -0.2) is 5.88 Å². The molecule has 13 heavy (non-hydrogen) atoms. The second-order valence-corrected chi connectivity index (χ2v) is 3.93. The number of hydrogen-bond acceptors (Lipinski definition) is 0. The predicted molar refractivity (Wildman–Crippen MR) is 55.0 cm³/mol. The molecule has 0 saturated heterocycles. The van der Waals surface area contributed by atoms with Gasteiger partial charge in [-0.05, 0) is 30.0 Å². The van der Waals surface area contributed by atoms with Crippen molar-refractivity contribution in [2.75, 3.05) is 5.88 Å². The molecule has 1 aromatic carbocycles. The Morgan fingerprint density at radius 2 is 2.15 bits per heavy atom. The Morgan fingerprint density at radius 1 is 1.46 bits per heavy atom. The lowest BCUT2D eigenvalue weighted by Gasteiger charge is -2.07. The zero-order valence-corrected chi connectivity index (χ0v) is 8.87. The van der Waals surface area contributed by atoms with Crippen molar-refractivity contribution in [3.05, 3.63) is 34.6 Å². The average Bonchev–Trinajstić information content (AvgIpc) is 2.11. The van der Waals surface area contributed by atoms with E-state index >= 15 is 0 Å². The Labute approximate surface area is 87.7 Å². The van der Waals surface area contributed by atoms with Crippen LogP contribution in [0.3, 0.4) is 0 Å². The van der Waals surface area contributed by atoms with Crippen molar-refractivity contribution in [1.29, 1.82) is 0 Å². The summed E-state index contributed by atoms with van der Waals surface area (Å²) in [5.41, 5.74) is 1.03. The summed E-state index contributed by atoms with van der Waals surface area (Å²) in [4.78, 5) is 0. The maximum Gasteiger partial charge on any atom is 0.141 e. The number of rotatable bonds is 3. The second kappa shape index (κ2) is 4.83. The summed E-state index contributed by atoms with van der Waals surface area (Å²) < 4.78 is 12.8. The van der Waals surface area contributed by atoms with Crippen LogP contribution in [0.25, 0.3) is 0 Å². The molecule has 1 atom stereocenters. The zero-order valence-electron chi connectivity index (χ0n) is 7.36. The molecule has 0 spiro atoms. The quantitative estimate of drug-likeness (QED) is 0.679. The molecule has 0 amide bonds. The van der Waals surface area contributed by atoms with Gasteiger partial charge in [0.15, 0.2) is 0 Å². The van der Waals surface area contributed by atoms with Gasteiger partial charge < -0.3 is 0 Å². The fraction of sp³-hybridized carbons (Fsp3) is 0.400. The average molecular weight is 221 g/mol. The second-order valence-electron chi connectivity index (χ2n) is 3.21. The molecule has 0 aliphatic rings. The summed E-state index contributed by atoms with van der Waals surface area (Å²) >= 11 is 11.3. The van der Waals surface area contributed by atoms with Crippen LogP contribution in [0.5, 0.6) is 0 Å². The Kier molecular flexibility index (Phi) is 4.01. The zero-order chi connectivity index (χ0) is 9.84. The third-order valence-electron chi connectivity index (χ3n) is 1.83. The maximum atomic E-state index is 12.8. The number of halogens is 3. The molecule has 72 valence electrons. The van der Waals surface area contributed by atoms with Crippen LogP contribution in [0.15, 0.2) is 18.2 Å². The third kappa shape index (κ3) is 3.17. The van der Waals surface area contributed by atoms with E-state index in [1.807, 2.05) is 6.92 Å². The first-order valence-corrected chi connectivity index (χ1v) is 5.04. The van der Waals surface area contributed by atoms with E-state index in [0.29, 0.717) is 11.8 Å². The highest BCUT2D eigenvalue weighted by atomic mass is 35.5. The van der Waals surface area contributed by atoms with Gasteiger partial charge in [0.2, 0.25) is 0 Å². The highest BCUT2D eigenvalue weighted by Gasteiger charge is 2.04. The highest BCUT2D eigenvalue weighted by molar-refractivity contribution is 6.30. The number of benzene rings is 1. The van der Waals surface area contributed by atoms with Crippen LogP contribution in [0.2, 0.25) is 5.02 Å². The van der Waals surface area contributed by atoms with Crippen LogP contribution in [0.1, 0.15) is 12.5 Å². The summed E-state index contributed by atoms with van der Waals surface area (Å²) in [5, 5.41) is 0.180. The molecule has 0 aliphatic carbocycles. The summed E-state index contributed by atoms with van der Waals surface area (Å²) in [6.07, 6.45) is 0.837. The van der Waals surface area contributed by atoms with Gasteiger partial charge in [-0.15, -0.1) is 11.6 Å². The van der Waals surface area contributed by atoms with Crippen LogP contribution in [0.4, 0.5) is 4.39 Å². The van der Waals surface area contributed by atoms with Gasteiger partial charge in [-0.3, -0.25) is 0 Å². The molecule has 0 nitrogen and oxygen atoms in total. The van der Waals surface area contributed by atoms with E-state index in [9.17, 15) is 4.39 Å². The van der Waals surface area contributed by atoms with E-state index in [1.54, 1.807) is 12.1 Å². The van der Waals surface area contributed by atoms with Crippen molar-refractivity contribution in [2.24, 2.45) is 5.92 Å². The van der Waals surface area contributed by atoms with Gasteiger partial charge in [0.05, 0.1) is 5.02 Å². The minimum Gasteiger partial charge on any atom is -0.205 e. The first kappa shape index (κ1) is 10.8. The third-order valence-corrected chi connectivity index (χ3v) is 2.65. The summed E-state index contributed by atoms with van der Waals surface area (Å²) in [6, 6.07) is 4.78. The van der Waals surface area contributed by atoms with Gasteiger partial charge in [-0.25, -0.2) is 4.39 Å². The van der Waals surface area contributed by atoms with E-state index in [1.165, 1.54) is 6.07 Å². The van der Waals surface area contributed by atoms with Gasteiger partial charge >= 0.3 is 0 Å². The molecule has 0 saturated carbocycles. The van der Waals surface area contributed by atoms with Crippen molar-refractivity contribution >= 4 is 23.2 Å². The monoisotopic (exact) mass is 220 g/mol. The lowest BCUT2D eigenvalue weighted by Crippen LogP contribution is -2.00. The highest BCUT2D eigenvalue weighted by Crippen LogP contribution is 2.18. The smallest absolute Gasteiger partial charge is 0.141 e. The summed E-state index contributed by atoms with van der Waals surface area (Å²) in [6.45, 7) is 2.05. The fourth-order valence-corrected chi connectivity index (χ4v) is 1.44. The molecular formula is C10H11Cl2F. The maximum absolute atomic E-state index is 12.8. The number of alkyl halides is 1. The summed E-state index contributed by atoms with van der Waals surface area (Å²) in [7, 11) is 0. The van der Waals surface area contributed by atoms with Crippen molar-refractivity contribution < 1.29 is 4.39 Å². The topological polar surface area (TPSA) is 0 Å². The molecule has 0 N–H and O–H groups in total. The largest absolute Gasteiger partial charge is 0.205 e. The van der Waals surface area contributed by atoms with Crippen LogP contribution < -0.4 is 0 Å². The molecule has 0 aromatic heterocycles. The van der Waals surface area contributed by atoms with Crippen LogP contribution in [0, 0.1) is 11.7 Å². The van der Waals surface area contributed by atoms with E-state index in [2.05, 4.69) is 0 Å².